The number of likely N-dealkylation sites (tertiary alicyclic amines) is 1. The van der Waals surface area contributed by atoms with Crippen LogP contribution in [0.4, 0.5) is 0 Å². The van der Waals surface area contributed by atoms with E-state index in [1.54, 1.807) is 0 Å². The lowest BCUT2D eigenvalue weighted by Gasteiger charge is -2.16. The van der Waals surface area contributed by atoms with Crippen molar-refractivity contribution in [1.29, 1.82) is 0 Å². The number of rotatable bonds is 6. The van der Waals surface area contributed by atoms with E-state index in [1.165, 1.54) is 54.2 Å². The molecule has 1 saturated heterocycles. The molecule has 2 heterocycles. The summed E-state index contributed by atoms with van der Waals surface area (Å²) in [4.78, 5) is 7.13. The molecular formula is C23H27N3OS. The Morgan fingerprint density at radius 1 is 1.00 bits per heavy atom. The Morgan fingerprint density at radius 3 is 2.50 bits per heavy atom. The van der Waals surface area contributed by atoms with Crippen molar-refractivity contribution in [3.8, 4) is 22.3 Å². The van der Waals surface area contributed by atoms with Gasteiger partial charge in [-0.15, -0.1) is 0 Å². The fourth-order valence-electron chi connectivity index (χ4n) is 3.68. The van der Waals surface area contributed by atoms with Crippen LogP contribution in [-0.2, 0) is 6.42 Å². The van der Waals surface area contributed by atoms with Crippen LogP contribution >= 0.6 is 11.5 Å². The molecule has 0 N–H and O–H groups in total. The normalized spacial score (nSPS) is 14.5. The minimum atomic E-state index is 0.586. The molecule has 1 aliphatic heterocycles. The molecule has 4 rings (SSSR count). The monoisotopic (exact) mass is 393 g/mol. The van der Waals surface area contributed by atoms with Gasteiger partial charge in [0, 0.05) is 23.6 Å². The van der Waals surface area contributed by atoms with Crippen molar-refractivity contribution in [3.63, 3.8) is 0 Å². The standard InChI is InChI=1S/C23H27N3OS/c1-16-6-8-19(9-7-16)22-24-23(28-25-22)27-21-15-17(2)20(14-18(21)3)10-13-26-11-4-5-12-26/h6-9,14-15H,4-5,10-13H2,1-3H3. The van der Waals surface area contributed by atoms with Crippen molar-refractivity contribution < 1.29 is 4.74 Å². The Labute approximate surface area is 171 Å². The minimum Gasteiger partial charge on any atom is -0.430 e. The van der Waals surface area contributed by atoms with Crippen LogP contribution in [0.1, 0.15) is 35.1 Å². The quantitative estimate of drug-likeness (QED) is 0.549. The van der Waals surface area contributed by atoms with E-state index in [1.807, 2.05) is 12.1 Å². The van der Waals surface area contributed by atoms with E-state index in [4.69, 9.17) is 4.74 Å². The van der Waals surface area contributed by atoms with Crippen LogP contribution in [0.15, 0.2) is 36.4 Å². The number of aryl methyl sites for hydroxylation is 3. The summed E-state index contributed by atoms with van der Waals surface area (Å²) in [5.41, 5.74) is 6.08. The molecule has 1 fully saturated rings. The molecule has 28 heavy (non-hydrogen) atoms. The van der Waals surface area contributed by atoms with E-state index in [2.05, 4.69) is 59.3 Å². The van der Waals surface area contributed by atoms with Crippen molar-refractivity contribution in [1.82, 2.24) is 14.3 Å². The summed E-state index contributed by atoms with van der Waals surface area (Å²) in [6.07, 6.45) is 3.79. The second-order valence-electron chi connectivity index (χ2n) is 7.69. The third kappa shape index (κ3) is 4.42. The molecular weight excluding hydrogens is 366 g/mol. The second-order valence-corrected chi connectivity index (χ2v) is 8.41. The van der Waals surface area contributed by atoms with Crippen LogP contribution in [0.3, 0.4) is 0 Å². The van der Waals surface area contributed by atoms with Gasteiger partial charge in [-0.1, -0.05) is 35.9 Å². The summed E-state index contributed by atoms with van der Waals surface area (Å²) in [6.45, 7) is 10.0. The first kappa shape index (κ1) is 19.1. The maximum atomic E-state index is 6.08. The second kappa shape index (κ2) is 8.41. The van der Waals surface area contributed by atoms with Gasteiger partial charge in [0.25, 0.3) is 5.19 Å². The van der Waals surface area contributed by atoms with E-state index in [-0.39, 0.29) is 0 Å². The summed E-state index contributed by atoms with van der Waals surface area (Å²) < 4.78 is 10.5. The van der Waals surface area contributed by atoms with Crippen LogP contribution in [0.25, 0.3) is 11.4 Å². The van der Waals surface area contributed by atoms with Crippen molar-refractivity contribution in [3.05, 3.63) is 58.7 Å². The summed E-state index contributed by atoms with van der Waals surface area (Å²) in [6, 6.07) is 12.7. The summed E-state index contributed by atoms with van der Waals surface area (Å²) >= 11 is 1.30. The third-order valence-corrected chi connectivity index (χ3v) is 6.04. The highest BCUT2D eigenvalue weighted by Gasteiger charge is 2.14. The van der Waals surface area contributed by atoms with Crippen LogP contribution in [-0.4, -0.2) is 33.9 Å². The summed E-state index contributed by atoms with van der Waals surface area (Å²) in [5.74, 6) is 1.59. The summed E-state index contributed by atoms with van der Waals surface area (Å²) in [5, 5.41) is 0.586. The highest BCUT2D eigenvalue weighted by atomic mass is 32.1. The number of aromatic nitrogens is 2. The molecule has 0 unspecified atom stereocenters. The predicted octanol–water partition coefficient (Wildman–Crippen LogP) is 5.56. The molecule has 0 bridgehead atoms. The van der Waals surface area contributed by atoms with E-state index >= 15 is 0 Å². The van der Waals surface area contributed by atoms with Crippen molar-refractivity contribution in [2.45, 2.75) is 40.0 Å². The smallest absolute Gasteiger partial charge is 0.299 e. The van der Waals surface area contributed by atoms with Crippen LogP contribution in [0, 0.1) is 20.8 Å². The van der Waals surface area contributed by atoms with Gasteiger partial charge < -0.3 is 9.64 Å². The summed E-state index contributed by atoms with van der Waals surface area (Å²) in [7, 11) is 0. The molecule has 0 amide bonds. The first-order valence-corrected chi connectivity index (χ1v) is 10.8. The van der Waals surface area contributed by atoms with Gasteiger partial charge in [-0.05, 0) is 75.9 Å². The molecule has 2 aromatic carbocycles. The Balaban J connectivity index is 1.46. The molecule has 4 nitrogen and oxygen atoms in total. The molecule has 0 spiro atoms. The van der Waals surface area contributed by atoms with Crippen molar-refractivity contribution in [2.24, 2.45) is 0 Å². The fraction of sp³-hybridized carbons (Fsp3) is 0.391. The predicted molar refractivity (Wildman–Crippen MR) is 115 cm³/mol. The first-order valence-electron chi connectivity index (χ1n) is 9.99. The molecule has 1 aromatic heterocycles. The average Bonchev–Trinajstić information content (AvgIpc) is 3.36. The van der Waals surface area contributed by atoms with Crippen LogP contribution < -0.4 is 4.74 Å². The molecule has 0 radical (unpaired) electrons. The Kier molecular flexibility index (Phi) is 5.74. The number of hydrogen-bond acceptors (Lipinski definition) is 5. The lowest BCUT2D eigenvalue weighted by molar-refractivity contribution is 0.343. The molecule has 1 aliphatic rings. The fourth-order valence-corrected chi connectivity index (χ4v) is 4.24. The van der Waals surface area contributed by atoms with Crippen LogP contribution in [0.2, 0.25) is 0 Å². The highest BCUT2D eigenvalue weighted by molar-refractivity contribution is 7.07. The van der Waals surface area contributed by atoms with Crippen LogP contribution in [0.5, 0.6) is 10.9 Å². The topological polar surface area (TPSA) is 38.2 Å². The lowest BCUT2D eigenvalue weighted by Crippen LogP contribution is -2.22. The molecule has 5 heteroatoms. The van der Waals surface area contributed by atoms with Gasteiger partial charge in [0.05, 0.1) is 0 Å². The van der Waals surface area contributed by atoms with E-state index in [0.717, 1.165) is 35.7 Å². The van der Waals surface area contributed by atoms with Gasteiger partial charge in [0.1, 0.15) is 5.75 Å². The van der Waals surface area contributed by atoms with Crippen molar-refractivity contribution >= 4 is 11.5 Å². The SMILES string of the molecule is Cc1ccc(-c2nsc(Oc3cc(C)c(CCN4CCCC4)cc3C)n2)cc1. The average molecular weight is 394 g/mol. The minimum absolute atomic E-state index is 0.586. The number of nitrogens with zero attached hydrogens (tertiary/aromatic N) is 3. The van der Waals surface area contributed by atoms with E-state index < -0.39 is 0 Å². The van der Waals surface area contributed by atoms with Gasteiger partial charge in [0.2, 0.25) is 0 Å². The van der Waals surface area contributed by atoms with E-state index in [9.17, 15) is 0 Å². The maximum Gasteiger partial charge on any atom is 0.299 e. The highest BCUT2D eigenvalue weighted by Crippen LogP contribution is 2.31. The molecule has 3 aromatic rings. The first-order chi connectivity index (χ1) is 13.6. The maximum absolute atomic E-state index is 6.08. The Hall–Kier alpha value is -2.24. The van der Waals surface area contributed by atoms with Gasteiger partial charge in [-0.25, -0.2) is 0 Å². The van der Waals surface area contributed by atoms with Gasteiger partial charge in [0.15, 0.2) is 5.82 Å². The molecule has 0 aliphatic carbocycles. The Bertz CT molecular complexity index is 943. The van der Waals surface area contributed by atoms with Gasteiger partial charge >= 0.3 is 0 Å². The zero-order valence-electron chi connectivity index (χ0n) is 16.9. The van der Waals surface area contributed by atoms with E-state index in [0.29, 0.717) is 5.19 Å². The number of hydrogen-bond donors (Lipinski definition) is 0. The number of ether oxygens (including phenoxy) is 1. The number of benzene rings is 2. The Morgan fingerprint density at radius 2 is 1.75 bits per heavy atom. The lowest BCUT2D eigenvalue weighted by atomic mass is 10.0. The van der Waals surface area contributed by atoms with Gasteiger partial charge in [-0.3, -0.25) is 0 Å². The molecule has 0 saturated carbocycles. The largest absolute Gasteiger partial charge is 0.430 e. The molecule has 0 atom stereocenters. The third-order valence-electron chi connectivity index (χ3n) is 5.44. The molecule has 146 valence electrons. The zero-order chi connectivity index (χ0) is 19.5. The zero-order valence-corrected chi connectivity index (χ0v) is 17.7. The van der Waals surface area contributed by atoms with Crippen molar-refractivity contribution in [2.75, 3.05) is 19.6 Å². The van der Waals surface area contributed by atoms with Gasteiger partial charge in [-0.2, -0.15) is 9.36 Å².